The Morgan fingerprint density at radius 2 is 2.08 bits per heavy atom. The van der Waals surface area contributed by atoms with Crippen LogP contribution in [0, 0.1) is 0 Å². The van der Waals surface area contributed by atoms with Gasteiger partial charge >= 0.3 is 0 Å². The molecule has 1 aliphatic heterocycles. The van der Waals surface area contributed by atoms with E-state index in [-0.39, 0.29) is 0 Å². The van der Waals surface area contributed by atoms with Crippen molar-refractivity contribution < 1.29 is 9.84 Å². The van der Waals surface area contributed by atoms with Crippen molar-refractivity contribution >= 4 is 11.3 Å². The van der Waals surface area contributed by atoms with E-state index in [1.165, 1.54) is 16.3 Å². The highest BCUT2D eigenvalue weighted by Gasteiger charge is 2.25. The van der Waals surface area contributed by atoms with Crippen LogP contribution < -0.4 is 4.74 Å². The molecule has 6 heteroatoms. The summed E-state index contributed by atoms with van der Waals surface area (Å²) in [6.07, 6.45) is 0.414. The van der Waals surface area contributed by atoms with E-state index in [0.717, 1.165) is 36.6 Å². The molecule has 0 amide bonds. The summed E-state index contributed by atoms with van der Waals surface area (Å²) in [4.78, 5) is 8.36. The van der Waals surface area contributed by atoms with E-state index >= 15 is 0 Å². The Balaban J connectivity index is 1.48. The van der Waals surface area contributed by atoms with Crippen LogP contribution in [0.1, 0.15) is 23.1 Å². The van der Waals surface area contributed by atoms with Gasteiger partial charge in [-0.15, -0.1) is 11.3 Å². The number of methoxy groups -OCH3 is 1. The van der Waals surface area contributed by atoms with Crippen LogP contribution >= 0.6 is 11.3 Å². The Morgan fingerprint density at radius 1 is 1.27 bits per heavy atom. The van der Waals surface area contributed by atoms with Gasteiger partial charge in [0, 0.05) is 33.1 Å². The lowest BCUT2D eigenvalue weighted by Gasteiger charge is -2.29. The van der Waals surface area contributed by atoms with E-state index in [9.17, 15) is 5.11 Å². The molecule has 1 N–H and O–H groups in total. The van der Waals surface area contributed by atoms with Gasteiger partial charge < -0.3 is 14.4 Å². The molecule has 0 bridgehead atoms. The number of aliphatic hydroxyl groups is 1. The number of hydrogen-bond donors (Lipinski definition) is 1. The first-order chi connectivity index (χ1) is 12.7. The molecule has 0 fully saturated rings. The highest BCUT2D eigenvalue weighted by molar-refractivity contribution is 7.13. The van der Waals surface area contributed by atoms with Gasteiger partial charge in [0.05, 0.1) is 29.5 Å². The van der Waals surface area contributed by atoms with Crippen LogP contribution in [0.2, 0.25) is 0 Å². The zero-order valence-corrected chi connectivity index (χ0v) is 15.9. The highest BCUT2D eigenvalue weighted by atomic mass is 32.1. The van der Waals surface area contributed by atoms with Crippen molar-refractivity contribution in [3.8, 4) is 16.5 Å². The van der Waals surface area contributed by atoms with Gasteiger partial charge in [0.15, 0.2) is 0 Å². The van der Waals surface area contributed by atoms with E-state index in [1.54, 1.807) is 18.4 Å². The largest absolute Gasteiger partial charge is 0.497 e. The van der Waals surface area contributed by atoms with E-state index in [4.69, 9.17) is 9.72 Å². The number of fused-ring (bicyclic) bond motifs is 1. The van der Waals surface area contributed by atoms with E-state index < -0.39 is 6.10 Å². The average Bonchev–Trinajstić information content (AvgIpc) is 3.30. The third-order valence-electron chi connectivity index (χ3n) is 5.01. The SMILES string of the molecule is COc1ccc([C@@H](O)CN2CCc3nc(-c4cccs4)n(C)c3C2)cc1. The summed E-state index contributed by atoms with van der Waals surface area (Å²) in [5.74, 6) is 1.85. The quantitative estimate of drug-likeness (QED) is 0.750. The molecule has 136 valence electrons. The average molecular weight is 369 g/mol. The van der Waals surface area contributed by atoms with Crippen molar-refractivity contribution in [3.63, 3.8) is 0 Å². The summed E-state index contributed by atoms with van der Waals surface area (Å²) < 4.78 is 7.38. The summed E-state index contributed by atoms with van der Waals surface area (Å²) in [5.41, 5.74) is 3.36. The number of nitrogens with zero attached hydrogens (tertiary/aromatic N) is 3. The lowest BCUT2D eigenvalue weighted by molar-refractivity contribution is 0.104. The smallest absolute Gasteiger partial charge is 0.150 e. The fourth-order valence-electron chi connectivity index (χ4n) is 3.50. The Labute approximate surface area is 157 Å². The molecular formula is C20H23N3O2S. The van der Waals surface area contributed by atoms with Crippen LogP contribution in [-0.2, 0) is 20.0 Å². The van der Waals surface area contributed by atoms with Crippen molar-refractivity contribution in [2.24, 2.45) is 7.05 Å². The minimum Gasteiger partial charge on any atom is -0.497 e. The molecule has 0 saturated heterocycles. The van der Waals surface area contributed by atoms with Gasteiger partial charge in [-0.2, -0.15) is 0 Å². The van der Waals surface area contributed by atoms with Crippen molar-refractivity contribution in [3.05, 3.63) is 58.7 Å². The fourth-order valence-corrected chi connectivity index (χ4v) is 4.25. The molecule has 26 heavy (non-hydrogen) atoms. The number of benzene rings is 1. The van der Waals surface area contributed by atoms with Gasteiger partial charge in [-0.1, -0.05) is 18.2 Å². The number of hydrogen-bond acceptors (Lipinski definition) is 5. The van der Waals surface area contributed by atoms with Gasteiger partial charge in [-0.05, 0) is 29.1 Å². The first-order valence-corrected chi connectivity index (χ1v) is 9.66. The summed E-state index contributed by atoms with van der Waals surface area (Å²) in [6, 6.07) is 11.8. The van der Waals surface area contributed by atoms with Gasteiger partial charge in [-0.25, -0.2) is 4.98 Å². The maximum Gasteiger partial charge on any atom is 0.150 e. The van der Waals surface area contributed by atoms with E-state index in [1.807, 2.05) is 24.3 Å². The van der Waals surface area contributed by atoms with Crippen LogP contribution in [-0.4, -0.2) is 39.8 Å². The Kier molecular flexibility index (Phi) is 4.80. The molecule has 0 aliphatic carbocycles. The van der Waals surface area contributed by atoms with Crippen molar-refractivity contribution in [1.29, 1.82) is 0 Å². The van der Waals surface area contributed by atoms with Crippen molar-refractivity contribution in [1.82, 2.24) is 14.5 Å². The lowest BCUT2D eigenvalue weighted by atomic mass is 10.1. The molecule has 0 unspecified atom stereocenters. The van der Waals surface area contributed by atoms with Gasteiger partial charge in [-0.3, -0.25) is 4.90 Å². The standard InChI is InChI=1S/C20H23N3O2S/c1-22-17-12-23(13-18(24)14-5-7-15(25-2)8-6-14)10-9-16(17)21-20(22)19-4-3-11-26-19/h3-8,11,18,24H,9-10,12-13H2,1-2H3/t18-/m0/s1. The number of imidazole rings is 1. The summed E-state index contributed by atoms with van der Waals surface area (Å²) >= 11 is 1.72. The molecule has 0 radical (unpaired) electrons. The summed E-state index contributed by atoms with van der Waals surface area (Å²) in [7, 11) is 3.74. The number of β-amino-alcohol motifs (C(OH)–C–C–N with tert-alkyl or cyclic N) is 1. The number of aromatic nitrogens is 2. The van der Waals surface area contributed by atoms with Gasteiger partial charge in [0.25, 0.3) is 0 Å². The highest BCUT2D eigenvalue weighted by Crippen LogP contribution is 2.29. The van der Waals surface area contributed by atoms with Crippen LogP contribution in [0.25, 0.3) is 10.7 Å². The van der Waals surface area contributed by atoms with Gasteiger partial charge in [0.1, 0.15) is 11.6 Å². The molecular weight excluding hydrogens is 346 g/mol. The van der Waals surface area contributed by atoms with Crippen molar-refractivity contribution in [2.45, 2.75) is 19.1 Å². The Hall–Kier alpha value is -2.15. The number of aliphatic hydroxyl groups excluding tert-OH is 1. The molecule has 0 spiro atoms. The minimum absolute atomic E-state index is 0.507. The zero-order chi connectivity index (χ0) is 18.1. The molecule has 1 atom stereocenters. The van der Waals surface area contributed by atoms with Crippen LogP contribution in [0.5, 0.6) is 5.75 Å². The summed E-state index contributed by atoms with van der Waals surface area (Å²) in [6.45, 7) is 2.35. The summed E-state index contributed by atoms with van der Waals surface area (Å²) in [5, 5.41) is 12.7. The van der Waals surface area contributed by atoms with E-state index in [0.29, 0.717) is 6.54 Å². The molecule has 5 nitrogen and oxygen atoms in total. The van der Waals surface area contributed by atoms with Crippen LogP contribution in [0.4, 0.5) is 0 Å². The molecule has 4 rings (SSSR count). The molecule has 3 aromatic rings. The number of ether oxygens (including phenoxy) is 1. The predicted molar refractivity (Wildman–Crippen MR) is 103 cm³/mol. The third kappa shape index (κ3) is 3.28. The predicted octanol–water partition coefficient (Wildman–Crippen LogP) is 3.25. The minimum atomic E-state index is -0.507. The number of thiophene rings is 1. The second-order valence-electron chi connectivity index (χ2n) is 6.64. The topological polar surface area (TPSA) is 50.5 Å². The molecule has 2 aromatic heterocycles. The van der Waals surface area contributed by atoms with Gasteiger partial charge in [0.2, 0.25) is 0 Å². The van der Waals surface area contributed by atoms with E-state index in [2.05, 4.69) is 34.0 Å². The van der Waals surface area contributed by atoms with Crippen molar-refractivity contribution in [2.75, 3.05) is 20.2 Å². The van der Waals surface area contributed by atoms with Crippen LogP contribution in [0.3, 0.4) is 0 Å². The molecule has 1 aliphatic rings. The normalized spacial score (nSPS) is 15.7. The Morgan fingerprint density at radius 3 is 2.77 bits per heavy atom. The first-order valence-electron chi connectivity index (χ1n) is 8.78. The van der Waals surface area contributed by atoms with Crippen LogP contribution in [0.15, 0.2) is 41.8 Å². The lowest BCUT2D eigenvalue weighted by Crippen LogP contribution is -2.34. The maximum atomic E-state index is 10.6. The second kappa shape index (κ2) is 7.23. The monoisotopic (exact) mass is 369 g/mol. The molecule has 0 saturated carbocycles. The number of rotatable bonds is 5. The fraction of sp³-hybridized carbons (Fsp3) is 0.350. The second-order valence-corrected chi connectivity index (χ2v) is 7.59. The third-order valence-corrected chi connectivity index (χ3v) is 5.87. The molecule has 1 aromatic carbocycles. The Bertz CT molecular complexity index is 871. The molecule has 3 heterocycles. The maximum absolute atomic E-state index is 10.6. The zero-order valence-electron chi connectivity index (χ0n) is 15.1. The first kappa shape index (κ1) is 17.3.